The summed E-state index contributed by atoms with van der Waals surface area (Å²) in [7, 11) is 1.67. The van der Waals surface area contributed by atoms with E-state index in [1.54, 1.807) is 25.3 Å². The minimum atomic E-state index is 0.436. The maximum atomic E-state index is 6.07. The Morgan fingerprint density at radius 2 is 1.95 bits per heavy atom. The highest BCUT2D eigenvalue weighted by Gasteiger charge is 2.08. The summed E-state index contributed by atoms with van der Waals surface area (Å²) in [4.78, 5) is 8.28. The van der Waals surface area contributed by atoms with E-state index in [4.69, 9.17) is 33.7 Å². The largest absolute Gasteiger partial charge is 0.393 e. The molecule has 1 aromatic heterocycles. The molecule has 118 valence electrons. The Labute approximate surface area is 139 Å². The average Bonchev–Trinajstić information content (AvgIpc) is 2.51. The first kappa shape index (κ1) is 16.6. The monoisotopic (exact) mass is 341 g/mol. The number of methoxy groups -OCH3 is 1. The highest BCUT2D eigenvalue weighted by molar-refractivity contribution is 6.42. The standard InChI is InChI=1S/C14H17Cl2N5O/c1-22-6-2-5-18-13-12(17)14(20-8-19-13)21-9-3-4-10(15)11(16)7-9/h3-4,7-8H,2,5-6,17H2,1H3,(H2,18,19,20,21). The molecule has 22 heavy (non-hydrogen) atoms. The van der Waals surface area contributed by atoms with Gasteiger partial charge in [0.1, 0.15) is 12.0 Å². The van der Waals surface area contributed by atoms with Gasteiger partial charge in [0.15, 0.2) is 11.6 Å². The molecule has 4 N–H and O–H groups in total. The van der Waals surface area contributed by atoms with Crippen LogP contribution in [0.2, 0.25) is 10.0 Å². The van der Waals surface area contributed by atoms with Crippen LogP contribution < -0.4 is 16.4 Å². The fraction of sp³-hybridized carbons (Fsp3) is 0.286. The van der Waals surface area contributed by atoms with Crippen molar-refractivity contribution in [2.45, 2.75) is 6.42 Å². The van der Waals surface area contributed by atoms with Crippen molar-refractivity contribution in [3.05, 3.63) is 34.6 Å². The predicted octanol–water partition coefficient (Wildman–Crippen LogP) is 3.56. The van der Waals surface area contributed by atoms with E-state index in [0.717, 1.165) is 12.1 Å². The van der Waals surface area contributed by atoms with Crippen LogP contribution in [0.5, 0.6) is 0 Å². The molecule has 2 rings (SSSR count). The van der Waals surface area contributed by atoms with Gasteiger partial charge in [0.2, 0.25) is 0 Å². The number of rotatable bonds is 7. The van der Waals surface area contributed by atoms with Gasteiger partial charge >= 0.3 is 0 Å². The molecule has 0 aliphatic heterocycles. The molecular weight excluding hydrogens is 325 g/mol. The highest BCUT2D eigenvalue weighted by atomic mass is 35.5. The van der Waals surface area contributed by atoms with Gasteiger partial charge in [-0.2, -0.15) is 0 Å². The first-order valence-corrected chi connectivity index (χ1v) is 7.42. The molecule has 0 aliphatic rings. The molecule has 0 spiro atoms. The Morgan fingerprint density at radius 1 is 1.18 bits per heavy atom. The zero-order chi connectivity index (χ0) is 15.9. The number of hydrogen-bond acceptors (Lipinski definition) is 6. The van der Waals surface area contributed by atoms with Gasteiger partial charge in [-0.1, -0.05) is 23.2 Å². The third kappa shape index (κ3) is 4.37. The van der Waals surface area contributed by atoms with Crippen molar-refractivity contribution in [2.75, 3.05) is 36.6 Å². The summed E-state index contributed by atoms with van der Waals surface area (Å²) in [5.74, 6) is 1.08. The number of nitrogen functional groups attached to an aromatic ring is 1. The van der Waals surface area contributed by atoms with Crippen LogP contribution in [-0.4, -0.2) is 30.2 Å². The lowest BCUT2D eigenvalue weighted by molar-refractivity contribution is 0.198. The van der Waals surface area contributed by atoms with E-state index < -0.39 is 0 Å². The average molecular weight is 342 g/mol. The SMILES string of the molecule is COCCCNc1ncnc(Nc2ccc(Cl)c(Cl)c2)c1N. The van der Waals surface area contributed by atoms with Crippen LogP contribution in [0.25, 0.3) is 0 Å². The third-order valence-corrected chi connectivity index (χ3v) is 3.62. The molecule has 8 heteroatoms. The van der Waals surface area contributed by atoms with Crippen molar-refractivity contribution in [2.24, 2.45) is 0 Å². The molecule has 1 aromatic carbocycles. The molecule has 0 unspecified atom stereocenters. The van der Waals surface area contributed by atoms with E-state index in [1.807, 2.05) is 0 Å². The van der Waals surface area contributed by atoms with Crippen molar-refractivity contribution in [1.29, 1.82) is 0 Å². The number of anilines is 4. The Hall–Kier alpha value is -1.76. The van der Waals surface area contributed by atoms with E-state index in [9.17, 15) is 0 Å². The van der Waals surface area contributed by atoms with Crippen LogP contribution in [-0.2, 0) is 4.74 Å². The Bertz CT molecular complexity index is 639. The number of nitrogens with two attached hydrogens (primary N) is 1. The van der Waals surface area contributed by atoms with E-state index in [0.29, 0.717) is 40.5 Å². The lowest BCUT2D eigenvalue weighted by atomic mass is 10.3. The molecule has 0 amide bonds. The lowest BCUT2D eigenvalue weighted by Crippen LogP contribution is -2.10. The molecule has 6 nitrogen and oxygen atoms in total. The van der Waals surface area contributed by atoms with Crippen LogP contribution in [0.3, 0.4) is 0 Å². The van der Waals surface area contributed by atoms with E-state index in [1.165, 1.54) is 6.33 Å². The molecule has 0 aliphatic carbocycles. The molecule has 0 saturated heterocycles. The summed E-state index contributed by atoms with van der Waals surface area (Å²) in [6.45, 7) is 1.38. The number of nitrogens with zero attached hydrogens (tertiary/aromatic N) is 2. The Balaban J connectivity index is 2.09. The molecule has 0 atom stereocenters. The number of aromatic nitrogens is 2. The van der Waals surface area contributed by atoms with Crippen molar-refractivity contribution >= 4 is 46.2 Å². The van der Waals surface area contributed by atoms with E-state index >= 15 is 0 Å². The van der Waals surface area contributed by atoms with E-state index in [-0.39, 0.29) is 0 Å². The van der Waals surface area contributed by atoms with Gasteiger partial charge in [-0.15, -0.1) is 0 Å². The minimum absolute atomic E-state index is 0.436. The summed E-state index contributed by atoms with van der Waals surface area (Å²) >= 11 is 11.9. The molecule has 0 bridgehead atoms. The molecule has 0 fully saturated rings. The number of benzene rings is 1. The van der Waals surface area contributed by atoms with Crippen LogP contribution in [0.15, 0.2) is 24.5 Å². The summed E-state index contributed by atoms with van der Waals surface area (Å²) < 4.78 is 4.99. The third-order valence-electron chi connectivity index (χ3n) is 2.88. The number of nitrogens with one attached hydrogen (secondary N) is 2. The van der Waals surface area contributed by atoms with Crippen molar-refractivity contribution in [1.82, 2.24) is 9.97 Å². The van der Waals surface area contributed by atoms with Crippen LogP contribution in [0, 0.1) is 0 Å². The normalized spacial score (nSPS) is 10.5. The number of hydrogen-bond donors (Lipinski definition) is 3. The van der Waals surface area contributed by atoms with Gasteiger partial charge in [0, 0.05) is 25.9 Å². The number of ether oxygens (including phenoxy) is 1. The molecule has 2 aromatic rings. The topological polar surface area (TPSA) is 85.1 Å². The van der Waals surface area contributed by atoms with E-state index in [2.05, 4.69) is 20.6 Å². The van der Waals surface area contributed by atoms with Crippen LogP contribution >= 0.6 is 23.2 Å². The second kappa shape index (κ2) is 8.03. The van der Waals surface area contributed by atoms with Crippen LogP contribution in [0.4, 0.5) is 23.0 Å². The van der Waals surface area contributed by atoms with Crippen molar-refractivity contribution in [3.8, 4) is 0 Å². The first-order chi connectivity index (χ1) is 10.6. The van der Waals surface area contributed by atoms with Crippen molar-refractivity contribution < 1.29 is 4.74 Å². The minimum Gasteiger partial charge on any atom is -0.393 e. The van der Waals surface area contributed by atoms with Crippen LogP contribution in [0.1, 0.15) is 6.42 Å². The molecule has 1 heterocycles. The Kier molecular flexibility index (Phi) is 6.06. The van der Waals surface area contributed by atoms with Crippen molar-refractivity contribution in [3.63, 3.8) is 0 Å². The number of halogens is 2. The smallest absolute Gasteiger partial charge is 0.159 e. The second-order valence-corrected chi connectivity index (χ2v) is 5.33. The maximum absolute atomic E-state index is 6.07. The van der Waals surface area contributed by atoms with Gasteiger partial charge < -0.3 is 21.1 Å². The predicted molar refractivity (Wildman–Crippen MR) is 91.2 cm³/mol. The fourth-order valence-electron chi connectivity index (χ4n) is 1.77. The van der Waals surface area contributed by atoms with Gasteiger partial charge in [0.05, 0.1) is 10.0 Å². The zero-order valence-corrected chi connectivity index (χ0v) is 13.6. The summed E-state index contributed by atoms with van der Waals surface area (Å²) in [5, 5.41) is 7.19. The van der Waals surface area contributed by atoms with Gasteiger partial charge in [-0.25, -0.2) is 9.97 Å². The maximum Gasteiger partial charge on any atom is 0.159 e. The second-order valence-electron chi connectivity index (χ2n) is 4.51. The highest BCUT2D eigenvalue weighted by Crippen LogP contribution is 2.29. The zero-order valence-electron chi connectivity index (χ0n) is 12.1. The lowest BCUT2D eigenvalue weighted by Gasteiger charge is -2.12. The molecule has 0 saturated carbocycles. The molecular formula is C14H17Cl2N5O. The van der Waals surface area contributed by atoms with Gasteiger partial charge in [-0.3, -0.25) is 0 Å². The van der Waals surface area contributed by atoms with Gasteiger partial charge in [0.25, 0.3) is 0 Å². The quantitative estimate of drug-likeness (QED) is 0.667. The summed E-state index contributed by atoms with van der Waals surface area (Å²) in [6.07, 6.45) is 2.30. The Morgan fingerprint density at radius 3 is 2.68 bits per heavy atom. The molecule has 0 radical (unpaired) electrons. The fourth-order valence-corrected chi connectivity index (χ4v) is 2.07. The first-order valence-electron chi connectivity index (χ1n) is 6.67. The summed E-state index contributed by atoms with van der Waals surface area (Å²) in [5.41, 5.74) is 7.25. The summed E-state index contributed by atoms with van der Waals surface area (Å²) in [6, 6.07) is 5.20. The van der Waals surface area contributed by atoms with Gasteiger partial charge in [-0.05, 0) is 24.6 Å².